The minimum atomic E-state index is -0.945. The van der Waals surface area contributed by atoms with Crippen LogP contribution in [0.15, 0.2) is 47.6 Å². The molecule has 1 aliphatic rings. The van der Waals surface area contributed by atoms with E-state index >= 15 is 0 Å². The Hall–Kier alpha value is -2.77. The summed E-state index contributed by atoms with van der Waals surface area (Å²) in [5.41, 5.74) is 3.39. The van der Waals surface area contributed by atoms with Crippen molar-refractivity contribution in [1.82, 2.24) is 10.3 Å². The molecule has 2 heterocycles. The maximum atomic E-state index is 12.3. The zero-order chi connectivity index (χ0) is 19.2. The van der Waals surface area contributed by atoms with E-state index < -0.39 is 6.10 Å². The number of pyridine rings is 1. The van der Waals surface area contributed by atoms with Crippen LogP contribution in [0.2, 0.25) is 0 Å². The summed E-state index contributed by atoms with van der Waals surface area (Å²) in [4.78, 5) is 20.9. The van der Waals surface area contributed by atoms with Gasteiger partial charge < -0.3 is 20.3 Å². The quantitative estimate of drug-likeness (QED) is 0.679. The minimum absolute atomic E-state index is 0.0314. The first-order valence-electron chi connectivity index (χ1n) is 8.85. The Morgan fingerprint density at radius 3 is 2.85 bits per heavy atom. The first kappa shape index (κ1) is 19.0. The van der Waals surface area contributed by atoms with Gasteiger partial charge in [-0.25, -0.2) is 4.99 Å². The van der Waals surface area contributed by atoms with Crippen LogP contribution >= 0.6 is 0 Å². The van der Waals surface area contributed by atoms with E-state index in [0.29, 0.717) is 18.1 Å². The molecule has 1 amide bonds. The number of carbonyl (C=O) groups is 1. The fraction of sp³-hybridized carbons (Fsp3) is 0.350. The highest BCUT2D eigenvalue weighted by atomic mass is 16.5. The van der Waals surface area contributed by atoms with Gasteiger partial charge >= 0.3 is 0 Å². The second-order valence-corrected chi connectivity index (χ2v) is 6.48. The van der Waals surface area contributed by atoms with Crippen molar-refractivity contribution in [1.29, 1.82) is 0 Å². The van der Waals surface area contributed by atoms with E-state index in [0.717, 1.165) is 16.7 Å². The molecule has 1 unspecified atom stereocenters. The predicted molar refractivity (Wildman–Crippen MR) is 100 cm³/mol. The monoisotopic (exact) mass is 369 g/mol. The van der Waals surface area contributed by atoms with Crippen LogP contribution in [0.4, 0.5) is 0 Å². The van der Waals surface area contributed by atoms with Gasteiger partial charge in [-0.3, -0.25) is 9.78 Å². The van der Waals surface area contributed by atoms with Gasteiger partial charge in [0, 0.05) is 6.20 Å². The summed E-state index contributed by atoms with van der Waals surface area (Å²) in [6.45, 7) is 1.99. The number of benzene rings is 1. The number of aromatic nitrogens is 1. The Labute approximate surface area is 157 Å². The highest BCUT2D eigenvalue weighted by molar-refractivity contribution is 5.97. The third-order valence-electron chi connectivity index (χ3n) is 4.31. The number of carbonyl (C=O) groups excluding carboxylic acids is 1. The lowest BCUT2D eigenvalue weighted by atomic mass is 10.1. The number of amides is 1. The number of hydrogen-bond acceptors (Lipinski definition) is 6. The second kappa shape index (κ2) is 8.75. The first-order chi connectivity index (χ1) is 13.1. The van der Waals surface area contributed by atoms with Crippen molar-refractivity contribution < 1.29 is 19.7 Å². The van der Waals surface area contributed by atoms with Crippen LogP contribution in [0.5, 0.6) is 0 Å². The number of hydrogen-bond donors (Lipinski definition) is 3. The van der Waals surface area contributed by atoms with E-state index in [1.165, 1.54) is 0 Å². The molecular formula is C20H23N3O4. The second-order valence-electron chi connectivity index (χ2n) is 6.48. The number of aliphatic hydroxyl groups is 2. The lowest BCUT2D eigenvalue weighted by molar-refractivity contribution is -0.121. The lowest BCUT2D eigenvalue weighted by Gasteiger charge is -2.14. The van der Waals surface area contributed by atoms with Crippen molar-refractivity contribution in [2.24, 2.45) is 4.99 Å². The van der Waals surface area contributed by atoms with Gasteiger partial charge in [0.15, 0.2) is 0 Å². The van der Waals surface area contributed by atoms with Gasteiger partial charge in [0.1, 0.15) is 12.7 Å². The molecule has 2 aromatic rings. The number of nitrogens with one attached hydrogen (secondary N) is 1. The van der Waals surface area contributed by atoms with Crippen molar-refractivity contribution in [3.8, 4) is 0 Å². The van der Waals surface area contributed by atoms with Crippen molar-refractivity contribution in [2.45, 2.75) is 32.0 Å². The van der Waals surface area contributed by atoms with E-state index in [-0.39, 0.29) is 31.6 Å². The van der Waals surface area contributed by atoms with Gasteiger partial charge in [-0.2, -0.15) is 0 Å². The van der Waals surface area contributed by atoms with Crippen LogP contribution in [0.1, 0.15) is 35.3 Å². The Morgan fingerprint density at radius 2 is 2.11 bits per heavy atom. The molecule has 0 radical (unpaired) electrons. The van der Waals surface area contributed by atoms with Crippen molar-refractivity contribution in [2.75, 3.05) is 13.2 Å². The Morgan fingerprint density at radius 1 is 1.33 bits per heavy atom. The highest BCUT2D eigenvalue weighted by Gasteiger charge is 2.20. The fourth-order valence-electron chi connectivity index (χ4n) is 2.84. The zero-order valence-electron chi connectivity index (χ0n) is 15.1. The average molecular weight is 369 g/mol. The molecule has 1 aromatic carbocycles. The maximum absolute atomic E-state index is 12.3. The van der Waals surface area contributed by atoms with E-state index in [4.69, 9.17) is 9.84 Å². The molecule has 0 aliphatic carbocycles. The summed E-state index contributed by atoms with van der Waals surface area (Å²) >= 11 is 0. The van der Waals surface area contributed by atoms with Crippen LogP contribution in [0, 0.1) is 0 Å². The van der Waals surface area contributed by atoms with E-state index in [1.807, 2.05) is 43.3 Å². The van der Waals surface area contributed by atoms with Crippen LogP contribution in [0.25, 0.3) is 0 Å². The number of ether oxygens (including phenoxy) is 1. The smallest absolute Gasteiger partial charge is 0.226 e. The van der Waals surface area contributed by atoms with Crippen LogP contribution in [-0.2, 0) is 22.5 Å². The topological polar surface area (TPSA) is 104 Å². The number of rotatable bonds is 7. The fourth-order valence-corrected chi connectivity index (χ4v) is 2.84. The molecule has 0 saturated carbocycles. The van der Waals surface area contributed by atoms with Crippen LogP contribution in [-0.4, -0.2) is 46.3 Å². The molecule has 142 valence electrons. The molecule has 27 heavy (non-hydrogen) atoms. The van der Waals surface area contributed by atoms with Gasteiger partial charge in [0.2, 0.25) is 11.8 Å². The molecular weight excluding hydrogens is 346 g/mol. The standard InChI is InChI=1S/C20H23N3O4/c1-13(14-5-3-2-4-6-14)23-19(26)8-16-7-15-9-22-20(18(15)10-21-16)27-12-17(25)11-24/h2-7,10,13,17,24-25H,8-9,11-12H2,1H3,(H,23,26)/t13-,17?/m1/s1. The van der Waals surface area contributed by atoms with Gasteiger partial charge in [0.05, 0.1) is 36.9 Å². The van der Waals surface area contributed by atoms with Crippen LogP contribution in [0.3, 0.4) is 0 Å². The molecule has 0 bridgehead atoms. The molecule has 3 rings (SSSR count). The lowest BCUT2D eigenvalue weighted by Crippen LogP contribution is -2.28. The number of aliphatic hydroxyl groups excluding tert-OH is 2. The highest BCUT2D eigenvalue weighted by Crippen LogP contribution is 2.20. The molecule has 7 nitrogen and oxygen atoms in total. The predicted octanol–water partition coefficient (Wildman–Crippen LogP) is 1.13. The molecule has 2 atom stereocenters. The Balaban J connectivity index is 1.57. The van der Waals surface area contributed by atoms with E-state index in [9.17, 15) is 9.90 Å². The molecule has 3 N–H and O–H groups in total. The zero-order valence-corrected chi connectivity index (χ0v) is 15.1. The summed E-state index contributed by atoms with van der Waals surface area (Å²) < 4.78 is 5.43. The van der Waals surface area contributed by atoms with Crippen molar-refractivity contribution >= 4 is 11.8 Å². The van der Waals surface area contributed by atoms with E-state index in [2.05, 4.69) is 15.3 Å². The number of aliphatic imine (C=N–C) groups is 1. The molecule has 1 aromatic heterocycles. The van der Waals surface area contributed by atoms with Gasteiger partial charge in [0.25, 0.3) is 0 Å². The largest absolute Gasteiger partial charge is 0.475 e. The van der Waals surface area contributed by atoms with Gasteiger partial charge in [-0.15, -0.1) is 0 Å². The summed E-state index contributed by atoms with van der Waals surface area (Å²) in [6.07, 6.45) is 0.874. The number of fused-ring (bicyclic) bond motifs is 1. The van der Waals surface area contributed by atoms with Crippen molar-refractivity contribution in [3.05, 3.63) is 65.0 Å². The van der Waals surface area contributed by atoms with Crippen LogP contribution < -0.4 is 5.32 Å². The summed E-state index contributed by atoms with van der Waals surface area (Å²) in [5, 5.41) is 21.2. The van der Waals surface area contributed by atoms with Crippen molar-refractivity contribution in [3.63, 3.8) is 0 Å². The maximum Gasteiger partial charge on any atom is 0.226 e. The normalized spacial score (nSPS) is 14.9. The summed E-state index contributed by atoms with van der Waals surface area (Å²) in [7, 11) is 0. The Bertz CT molecular complexity index is 823. The SMILES string of the molecule is C[C@@H](NC(=O)Cc1cc2c(cn1)C(OCC(O)CO)=NC2)c1ccccc1. The molecule has 1 aliphatic heterocycles. The molecule has 7 heteroatoms. The summed E-state index contributed by atoms with van der Waals surface area (Å²) in [6, 6.07) is 11.6. The molecule has 0 fully saturated rings. The molecule has 0 saturated heterocycles. The summed E-state index contributed by atoms with van der Waals surface area (Å²) in [5.74, 6) is 0.305. The first-order valence-corrected chi connectivity index (χ1v) is 8.85. The molecule has 0 spiro atoms. The third kappa shape index (κ3) is 4.90. The third-order valence-corrected chi connectivity index (χ3v) is 4.31. The minimum Gasteiger partial charge on any atom is -0.475 e. The Kier molecular flexibility index (Phi) is 6.16. The van der Waals surface area contributed by atoms with E-state index in [1.54, 1.807) is 6.20 Å². The average Bonchev–Trinajstić information content (AvgIpc) is 3.08. The van der Waals surface area contributed by atoms with Gasteiger partial charge in [-0.05, 0) is 24.1 Å². The van der Waals surface area contributed by atoms with Gasteiger partial charge in [-0.1, -0.05) is 30.3 Å². The number of nitrogens with zero attached hydrogens (tertiary/aromatic N) is 2.